The fourth-order valence-electron chi connectivity index (χ4n) is 3.79. The summed E-state index contributed by atoms with van der Waals surface area (Å²) < 4.78 is 1.62. The van der Waals surface area contributed by atoms with Gasteiger partial charge in [0.1, 0.15) is 12.9 Å². The lowest BCUT2D eigenvalue weighted by Crippen LogP contribution is -2.27. The SMILES string of the molecule is CCCCc1nc(C)n(C)c(=O)c1Cc1ccc(-c2ccccc2/C(=N/OC)NC=O)cc1. The number of benzene rings is 2. The average Bonchev–Trinajstić information content (AvgIpc) is 2.83. The highest BCUT2D eigenvalue weighted by atomic mass is 16.6. The Hall–Kier alpha value is -3.74. The lowest BCUT2D eigenvalue weighted by Gasteiger charge is -2.14. The van der Waals surface area contributed by atoms with Gasteiger partial charge in [0.25, 0.3) is 5.56 Å². The number of amides is 1. The molecule has 1 amide bonds. The van der Waals surface area contributed by atoms with E-state index in [4.69, 9.17) is 9.82 Å². The van der Waals surface area contributed by atoms with E-state index in [9.17, 15) is 9.59 Å². The van der Waals surface area contributed by atoms with Crippen molar-refractivity contribution in [2.45, 2.75) is 39.5 Å². The van der Waals surface area contributed by atoms with Gasteiger partial charge >= 0.3 is 0 Å². The molecule has 1 aromatic heterocycles. The van der Waals surface area contributed by atoms with Gasteiger partial charge in [-0.1, -0.05) is 67.0 Å². The molecule has 0 fully saturated rings. The number of nitrogens with zero attached hydrogens (tertiary/aromatic N) is 3. The van der Waals surface area contributed by atoms with Crippen LogP contribution in [0, 0.1) is 6.92 Å². The number of hydrogen-bond donors (Lipinski definition) is 1. The standard InChI is InChI=1S/C26H30N4O3/c1-5-6-11-24-23(26(32)30(3)18(2)28-24)16-19-12-14-20(15-13-19)21-9-7-8-10-22(21)25(27-17-31)29-33-4/h7-10,12-15,17H,5-6,11,16H2,1-4H3,(H,27,29,31). The van der Waals surface area contributed by atoms with Crippen LogP contribution in [0.2, 0.25) is 0 Å². The fourth-order valence-corrected chi connectivity index (χ4v) is 3.79. The van der Waals surface area contributed by atoms with Crippen LogP contribution in [-0.2, 0) is 29.5 Å². The first-order chi connectivity index (χ1) is 16.0. The van der Waals surface area contributed by atoms with E-state index in [1.165, 1.54) is 7.11 Å². The minimum atomic E-state index is 0.0170. The molecule has 7 heteroatoms. The van der Waals surface area contributed by atoms with Gasteiger partial charge in [0, 0.05) is 24.6 Å². The minimum absolute atomic E-state index is 0.0170. The molecular formula is C26H30N4O3. The summed E-state index contributed by atoms with van der Waals surface area (Å²) in [4.78, 5) is 33.6. The summed E-state index contributed by atoms with van der Waals surface area (Å²) in [5, 5.41) is 6.53. The Morgan fingerprint density at radius 3 is 2.58 bits per heavy atom. The molecule has 172 valence electrons. The zero-order valence-corrected chi connectivity index (χ0v) is 19.6. The van der Waals surface area contributed by atoms with E-state index in [2.05, 4.69) is 17.4 Å². The van der Waals surface area contributed by atoms with E-state index in [1.807, 2.05) is 55.5 Å². The average molecular weight is 447 g/mol. The lowest BCUT2D eigenvalue weighted by atomic mass is 9.96. The highest BCUT2D eigenvalue weighted by Gasteiger charge is 2.15. The van der Waals surface area contributed by atoms with E-state index < -0.39 is 0 Å². The third kappa shape index (κ3) is 5.55. The highest BCUT2D eigenvalue weighted by Crippen LogP contribution is 2.25. The zero-order chi connectivity index (χ0) is 23.8. The van der Waals surface area contributed by atoms with Crippen molar-refractivity contribution < 1.29 is 9.63 Å². The first-order valence-electron chi connectivity index (χ1n) is 11.1. The predicted octanol–water partition coefficient (Wildman–Crippen LogP) is 3.74. The van der Waals surface area contributed by atoms with E-state index in [0.717, 1.165) is 58.6 Å². The Morgan fingerprint density at radius 1 is 1.18 bits per heavy atom. The molecule has 0 spiro atoms. The van der Waals surface area contributed by atoms with E-state index in [-0.39, 0.29) is 5.56 Å². The molecule has 0 saturated heterocycles. The zero-order valence-electron chi connectivity index (χ0n) is 19.6. The molecule has 7 nitrogen and oxygen atoms in total. The second-order valence-corrected chi connectivity index (χ2v) is 7.86. The number of unbranched alkanes of at least 4 members (excludes halogenated alkanes) is 1. The topological polar surface area (TPSA) is 85.6 Å². The molecule has 2 aromatic carbocycles. The van der Waals surface area contributed by atoms with Gasteiger partial charge in [-0.25, -0.2) is 4.98 Å². The van der Waals surface area contributed by atoms with Gasteiger partial charge in [-0.05, 0) is 36.5 Å². The van der Waals surface area contributed by atoms with Crippen LogP contribution in [-0.4, -0.2) is 28.9 Å². The van der Waals surface area contributed by atoms with E-state index in [1.54, 1.807) is 11.6 Å². The predicted molar refractivity (Wildman–Crippen MR) is 130 cm³/mol. The molecule has 0 unspecified atom stereocenters. The van der Waals surface area contributed by atoms with Crippen molar-refractivity contribution in [2.24, 2.45) is 12.2 Å². The second kappa shape index (κ2) is 11.2. The van der Waals surface area contributed by atoms with Crippen LogP contribution < -0.4 is 10.9 Å². The maximum atomic E-state index is 13.0. The van der Waals surface area contributed by atoms with Crippen molar-refractivity contribution in [1.29, 1.82) is 0 Å². The third-order valence-electron chi connectivity index (χ3n) is 5.67. The second-order valence-electron chi connectivity index (χ2n) is 7.86. The van der Waals surface area contributed by atoms with Crippen LogP contribution in [0.1, 0.15) is 48.0 Å². The summed E-state index contributed by atoms with van der Waals surface area (Å²) in [6.07, 6.45) is 3.97. The molecule has 0 aliphatic heterocycles. The summed E-state index contributed by atoms with van der Waals surface area (Å²) in [6.45, 7) is 4.00. The number of nitrogens with one attached hydrogen (secondary N) is 1. The molecule has 0 saturated carbocycles. The van der Waals surface area contributed by atoms with Crippen LogP contribution in [0.5, 0.6) is 0 Å². The summed E-state index contributed by atoms with van der Waals surface area (Å²) in [5.74, 6) is 1.07. The molecule has 0 radical (unpaired) electrons. The lowest BCUT2D eigenvalue weighted by molar-refractivity contribution is -0.108. The molecule has 0 bridgehead atoms. The number of oxime groups is 1. The molecule has 0 aliphatic rings. The van der Waals surface area contributed by atoms with Crippen molar-refractivity contribution >= 4 is 12.2 Å². The van der Waals surface area contributed by atoms with Crippen LogP contribution in [0.15, 0.2) is 58.5 Å². The fraction of sp³-hybridized carbons (Fsp3) is 0.308. The largest absolute Gasteiger partial charge is 0.397 e. The number of aryl methyl sites for hydroxylation is 2. The van der Waals surface area contributed by atoms with Crippen molar-refractivity contribution in [3.63, 3.8) is 0 Å². The van der Waals surface area contributed by atoms with Gasteiger partial charge in [0.05, 0.1) is 5.69 Å². The number of carbonyl (C=O) groups excluding carboxylic acids is 1. The Bertz CT molecular complexity index is 1200. The first kappa shape index (κ1) is 23.9. The number of rotatable bonds is 9. The first-order valence-corrected chi connectivity index (χ1v) is 11.1. The van der Waals surface area contributed by atoms with Crippen molar-refractivity contribution in [3.8, 4) is 11.1 Å². The molecule has 33 heavy (non-hydrogen) atoms. The third-order valence-corrected chi connectivity index (χ3v) is 5.67. The van der Waals surface area contributed by atoms with Crippen molar-refractivity contribution in [3.05, 3.63) is 87.1 Å². The molecule has 1 N–H and O–H groups in total. The molecule has 1 heterocycles. The quantitative estimate of drug-likeness (QED) is 0.235. The van der Waals surface area contributed by atoms with Gasteiger partial charge in [-0.2, -0.15) is 0 Å². The van der Waals surface area contributed by atoms with Gasteiger partial charge in [-0.15, -0.1) is 0 Å². The highest BCUT2D eigenvalue weighted by molar-refractivity contribution is 6.08. The van der Waals surface area contributed by atoms with Crippen molar-refractivity contribution in [2.75, 3.05) is 7.11 Å². The van der Waals surface area contributed by atoms with E-state index in [0.29, 0.717) is 18.7 Å². The van der Waals surface area contributed by atoms with Crippen LogP contribution in [0.4, 0.5) is 0 Å². The Labute approximate surface area is 194 Å². The monoisotopic (exact) mass is 446 g/mol. The summed E-state index contributed by atoms with van der Waals surface area (Å²) in [7, 11) is 3.20. The molecule has 3 aromatic rings. The number of carbonyl (C=O) groups is 1. The molecular weight excluding hydrogens is 416 g/mol. The minimum Gasteiger partial charge on any atom is -0.397 e. The smallest absolute Gasteiger partial charge is 0.257 e. The molecule has 3 rings (SSSR count). The Balaban J connectivity index is 1.95. The Kier molecular flexibility index (Phi) is 8.13. The molecule has 0 aliphatic carbocycles. The van der Waals surface area contributed by atoms with Gasteiger partial charge in [0.15, 0.2) is 5.84 Å². The Morgan fingerprint density at radius 2 is 1.91 bits per heavy atom. The maximum Gasteiger partial charge on any atom is 0.257 e. The van der Waals surface area contributed by atoms with Crippen LogP contribution >= 0.6 is 0 Å². The summed E-state index contributed by atoms with van der Waals surface area (Å²) >= 11 is 0. The van der Waals surface area contributed by atoms with Gasteiger partial charge in [0.2, 0.25) is 6.41 Å². The summed E-state index contributed by atoms with van der Waals surface area (Å²) in [6, 6.07) is 15.7. The van der Waals surface area contributed by atoms with Gasteiger partial charge in [-0.3, -0.25) is 14.2 Å². The van der Waals surface area contributed by atoms with Crippen LogP contribution in [0.25, 0.3) is 11.1 Å². The van der Waals surface area contributed by atoms with Crippen LogP contribution in [0.3, 0.4) is 0 Å². The summed E-state index contributed by atoms with van der Waals surface area (Å²) in [5.41, 5.74) is 5.33. The number of aromatic nitrogens is 2. The van der Waals surface area contributed by atoms with E-state index >= 15 is 0 Å². The van der Waals surface area contributed by atoms with Gasteiger partial charge < -0.3 is 10.2 Å². The molecule has 0 atom stereocenters. The number of hydrogen-bond acceptors (Lipinski definition) is 5. The normalized spacial score (nSPS) is 11.3. The van der Waals surface area contributed by atoms with Crippen molar-refractivity contribution in [1.82, 2.24) is 14.9 Å². The number of amidine groups is 1. The maximum absolute atomic E-state index is 13.0.